The fourth-order valence-electron chi connectivity index (χ4n) is 3.30. The molecular formula is C17H15F3N4O. The van der Waals surface area contributed by atoms with Crippen LogP contribution in [0.2, 0.25) is 0 Å². The molecule has 0 saturated heterocycles. The van der Waals surface area contributed by atoms with Gasteiger partial charge in [0.1, 0.15) is 5.69 Å². The van der Waals surface area contributed by atoms with Gasteiger partial charge in [0.25, 0.3) is 5.91 Å². The maximum Gasteiger partial charge on any atom is 0.449 e. The second-order valence-corrected chi connectivity index (χ2v) is 6.04. The van der Waals surface area contributed by atoms with Crippen molar-refractivity contribution in [1.82, 2.24) is 14.5 Å². The number of imidazole rings is 1. The van der Waals surface area contributed by atoms with Gasteiger partial charge in [-0.2, -0.15) is 13.2 Å². The number of para-hydroxylation sites is 1. The van der Waals surface area contributed by atoms with Gasteiger partial charge in [0.15, 0.2) is 0 Å². The fraction of sp³-hybridized carbons (Fsp3) is 0.294. The highest BCUT2D eigenvalue weighted by Gasteiger charge is 2.40. The lowest BCUT2D eigenvalue weighted by atomic mass is 10.1. The quantitative estimate of drug-likeness (QED) is 0.736. The van der Waals surface area contributed by atoms with Crippen LogP contribution in [0.5, 0.6) is 0 Å². The lowest BCUT2D eigenvalue weighted by Crippen LogP contribution is -2.20. The molecule has 5 nitrogen and oxygen atoms in total. The van der Waals surface area contributed by atoms with E-state index in [1.54, 1.807) is 6.20 Å². The molecule has 0 saturated carbocycles. The molecule has 1 aliphatic heterocycles. The summed E-state index contributed by atoms with van der Waals surface area (Å²) in [5.41, 5.74) is 1.57. The lowest BCUT2D eigenvalue weighted by Gasteiger charge is -2.18. The summed E-state index contributed by atoms with van der Waals surface area (Å²) < 4.78 is 40.8. The number of carbonyl (C=O) groups is 1. The number of aromatic nitrogens is 3. The number of nitrogens with one attached hydrogen (secondary N) is 2. The number of H-pyrrole nitrogens is 1. The molecule has 8 heteroatoms. The number of benzene rings is 1. The molecule has 2 N–H and O–H groups in total. The molecule has 0 aliphatic carbocycles. The van der Waals surface area contributed by atoms with Crippen molar-refractivity contribution in [2.75, 3.05) is 5.32 Å². The molecule has 4 rings (SSSR count). The topological polar surface area (TPSA) is 62.7 Å². The Hall–Kier alpha value is -2.77. The van der Waals surface area contributed by atoms with E-state index in [4.69, 9.17) is 0 Å². The van der Waals surface area contributed by atoms with Gasteiger partial charge >= 0.3 is 6.18 Å². The van der Waals surface area contributed by atoms with E-state index in [1.165, 1.54) is 0 Å². The summed E-state index contributed by atoms with van der Waals surface area (Å²) in [6.45, 7) is 0.234. The normalized spacial score (nSPS) is 14.5. The molecular weight excluding hydrogens is 333 g/mol. The van der Waals surface area contributed by atoms with Crippen molar-refractivity contribution in [1.29, 1.82) is 0 Å². The van der Waals surface area contributed by atoms with Gasteiger partial charge in [-0.1, -0.05) is 18.2 Å². The van der Waals surface area contributed by atoms with Crippen LogP contribution in [0.1, 0.15) is 34.8 Å². The van der Waals surface area contributed by atoms with Crippen molar-refractivity contribution in [3.63, 3.8) is 0 Å². The zero-order valence-corrected chi connectivity index (χ0v) is 13.2. The summed E-state index contributed by atoms with van der Waals surface area (Å²) in [5, 5.41) is 3.47. The van der Waals surface area contributed by atoms with Crippen molar-refractivity contribution in [3.8, 4) is 0 Å². The minimum atomic E-state index is -4.58. The Morgan fingerprint density at radius 3 is 2.84 bits per heavy atom. The van der Waals surface area contributed by atoms with E-state index < -0.39 is 17.9 Å². The Balaban J connectivity index is 1.72. The minimum Gasteiger partial charge on any atom is -0.359 e. The summed E-state index contributed by atoms with van der Waals surface area (Å²) in [6.07, 6.45) is -1.15. The average Bonchev–Trinajstić information content (AvgIpc) is 3.16. The van der Waals surface area contributed by atoms with Crippen LogP contribution in [0, 0.1) is 0 Å². The monoisotopic (exact) mass is 348 g/mol. The Labute approximate surface area is 140 Å². The van der Waals surface area contributed by atoms with Crippen molar-refractivity contribution >= 4 is 22.5 Å². The first kappa shape index (κ1) is 15.7. The fourth-order valence-corrected chi connectivity index (χ4v) is 3.30. The van der Waals surface area contributed by atoms with E-state index in [0.717, 1.165) is 21.9 Å². The van der Waals surface area contributed by atoms with E-state index in [0.29, 0.717) is 24.2 Å². The van der Waals surface area contributed by atoms with Crippen LogP contribution in [0.4, 0.5) is 18.9 Å². The molecule has 1 aliphatic rings. The average molecular weight is 348 g/mol. The van der Waals surface area contributed by atoms with Crippen LogP contribution in [-0.4, -0.2) is 20.4 Å². The largest absolute Gasteiger partial charge is 0.449 e. The number of anilines is 1. The zero-order valence-electron chi connectivity index (χ0n) is 13.2. The molecule has 1 amide bonds. The van der Waals surface area contributed by atoms with Crippen molar-refractivity contribution in [2.45, 2.75) is 32.0 Å². The molecule has 0 fully saturated rings. The molecule has 1 aromatic carbocycles. The van der Waals surface area contributed by atoms with Gasteiger partial charge < -0.3 is 14.9 Å². The number of halogens is 3. The molecule has 0 unspecified atom stereocenters. The number of amides is 1. The number of aromatic amines is 1. The highest BCUT2D eigenvalue weighted by molar-refractivity contribution is 6.08. The molecule has 0 radical (unpaired) electrons. The van der Waals surface area contributed by atoms with Gasteiger partial charge in [-0.25, -0.2) is 4.98 Å². The number of hydrogen-bond acceptors (Lipinski definition) is 2. The maximum atomic E-state index is 13.2. The molecule has 3 heterocycles. The van der Waals surface area contributed by atoms with E-state index >= 15 is 0 Å². The van der Waals surface area contributed by atoms with Crippen LogP contribution in [0.15, 0.2) is 30.5 Å². The van der Waals surface area contributed by atoms with Crippen LogP contribution in [-0.2, 0) is 19.1 Å². The lowest BCUT2D eigenvalue weighted by molar-refractivity contribution is -0.147. The molecule has 2 aromatic heterocycles. The first-order valence-corrected chi connectivity index (χ1v) is 7.99. The van der Waals surface area contributed by atoms with E-state index in [9.17, 15) is 18.0 Å². The Morgan fingerprint density at radius 2 is 2.04 bits per heavy atom. The van der Waals surface area contributed by atoms with Gasteiger partial charge in [0.05, 0.1) is 11.4 Å². The SMILES string of the molecule is O=C(Nc1c[nH]c2ccccc12)c1nc(C(F)(F)F)n2c1CCCC2. The molecule has 130 valence electrons. The van der Waals surface area contributed by atoms with Gasteiger partial charge in [0.2, 0.25) is 5.82 Å². The Morgan fingerprint density at radius 1 is 1.24 bits per heavy atom. The molecule has 0 bridgehead atoms. The van der Waals surface area contributed by atoms with E-state index in [2.05, 4.69) is 15.3 Å². The number of fused-ring (bicyclic) bond motifs is 2. The molecule has 3 aromatic rings. The zero-order chi connectivity index (χ0) is 17.6. The van der Waals surface area contributed by atoms with Crippen LogP contribution in [0.25, 0.3) is 10.9 Å². The second kappa shape index (κ2) is 5.65. The number of carbonyl (C=O) groups excluding carboxylic acids is 1. The van der Waals surface area contributed by atoms with Crippen molar-refractivity contribution in [3.05, 3.63) is 47.7 Å². The first-order valence-electron chi connectivity index (χ1n) is 7.99. The highest BCUT2D eigenvalue weighted by atomic mass is 19.4. The smallest absolute Gasteiger partial charge is 0.359 e. The standard InChI is InChI=1S/C17H15F3N4O/c18-17(19,20)16-23-14(13-7-3-4-8-24(13)16)15(25)22-12-9-21-11-6-2-1-5-10(11)12/h1-2,5-6,9,21H,3-4,7-8H2,(H,22,25). The molecule has 25 heavy (non-hydrogen) atoms. The summed E-state index contributed by atoms with van der Waals surface area (Å²) in [4.78, 5) is 19.3. The Kier molecular flexibility index (Phi) is 3.55. The summed E-state index contributed by atoms with van der Waals surface area (Å²) in [7, 11) is 0. The second-order valence-electron chi connectivity index (χ2n) is 6.04. The molecule has 0 atom stereocenters. The number of alkyl halides is 3. The number of hydrogen-bond donors (Lipinski definition) is 2. The minimum absolute atomic E-state index is 0.141. The van der Waals surface area contributed by atoms with Crippen LogP contribution < -0.4 is 5.32 Å². The van der Waals surface area contributed by atoms with Crippen molar-refractivity contribution < 1.29 is 18.0 Å². The van der Waals surface area contributed by atoms with Crippen molar-refractivity contribution in [2.24, 2.45) is 0 Å². The van der Waals surface area contributed by atoms with Gasteiger partial charge in [-0.05, 0) is 25.3 Å². The van der Waals surface area contributed by atoms with E-state index in [-0.39, 0.29) is 12.2 Å². The Bertz CT molecular complexity index is 955. The van der Waals surface area contributed by atoms with Crippen LogP contribution >= 0.6 is 0 Å². The predicted molar refractivity (Wildman–Crippen MR) is 86.4 cm³/mol. The van der Waals surface area contributed by atoms with E-state index in [1.807, 2.05) is 24.3 Å². The molecule has 0 spiro atoms. The van der Waals surface area contributed by atoms with Gasteiger partial charge in [0, 0.05) is 23.6 Å². The maximum absolute atomic E-state index is 13.2. The summed E-state index contributed by atoms with van der Waals surface area (Å²) in [5.74, 6) is -1.61. The van der Waals surface area contributed by atoms with Gasteiger partial charge in [-0.15, -0.1) is 0 Å². The first-order chi connectivity index (χ1) is 11.9. The van der Waals surface area contributed by atoms with Gasteiger partial charge in [-0.3, -0.25) is 4.79 Å². The summed E-state index contributed by atoms with van der Waals surface area (Å²) in [6, 6.07) is 7.36. The summed E-state index contributed by atoms with van der Waals surface area (Å²) >= 11 is 0. The van der Waals surface area contributed by atoms with Crippen LogP contribution in [0.3, 0.4) is 0 Å². The third kappa shape index (κ3) is 2.67. The third-order valence-electron chi connectivity index (χ3n) is 4.42. The third-order valence-corrected chi connectivity index (χ3v) is 4.42. The number of nitrogens with zero attached hydrogens (tertiary/aromatic N) is 2. The highest BCUT2D eigenvalue weighted by Crippen LogP contribution is 2.33. The number of rotatable bonds is 2. The predicted octanol–water partition coefficient (Wildman–Crippen LogP) is 3.97.